The maximum atomic E-state index is 5.98. The SMILES string of the molecule is Cc1ccc(CNc2snc(N)c2-c2cccnc2)cn1. The zero-order valence-corrected chi connectivity index (χ0v) is 12.4. The first-order chi connectivity index (χ1) is 10.2. The summed E-state index contributed by atoms with van der Waals surface area (Å²) in [5, 5.41) is 4.32. The van der Waals surface area contributed by atoms with Crippen LogP contribution < -0.4 is 11.1 Å². The molecule has 106 valence electrons. The van der Waals surface area contributed by atoms with Gasteiger partial charge in [-0.05, 0) is 36.2 Å². The molecule has 0 aromatic carbocycles. The maximum absolute atomic E-state index is 5.98. The van der Waals surface area contributed by atoms with Crippen LogP contribution in [0.4, 0.5) is 10.8 Å². The van der Waals surface area contributed by atoms with E-state index in [1.807, 2.05) is 31.3 Å². The van der Waals surface area contributed by atoms with Gasteiger partial charge < -0.3 is 11.1 Å². The number of nitrogens with zero attached hydrogens (tertiary/aromatic N) is 3. The summed E-state index contributed by atoms with van der Waals surface area (Å²) in [5.41, 5.74) is 9.98. The second-order valence-corrected chi connectivity index (χ2v) is 5.45. The number of hydrogen-bond acceptors (Lipinski definition) is 6. The molecule has 0 aliphatic rings. The normalized spacial score (nSPS) is 10.5. The Labute approximate surface area is 127 Å². The molecule has 0 radical (unpaired) electrons. The molecule has 21 heavy (non-hydrogen) atoms. The van der Waals surface area contributed by atoms with Crippen LogP contribution in [0.2, 0.25) is 0 Å². The molecule has 0 saturated heterocycles. The molecule has 0 spiro atoms. The van der Waals surface area contributed by atoms with E-state index < -0.39 is 0 Å². The average Bonchev–Trinajstić information content (AvgIpc) is 2.88. The Morgan fingerprint density at radius 3 is 2.86 bits per heavy atom. The van der Waals surface area contributed by atoms with Crippen LogP contribution in [0.5, 0.6) is 0 Å². The highest BCUT2D eigenvalue weighted by molar-refractivity contribution is 7.11. The Morgan fingerprint density at radius 2 is 2.14 bits per heavy atom. The molecule has 0 saturated carbocycles. The summed E-state index contributed by atoms with van der Waals surface area (Å²) >= 11 is 1.36. The number of nitrogens with two attached hydrogens (primary N) is 1. The van der Waals surface area contributed by atoms with Gasteiger partial charge in [-0.1, -0.05) is 12.1 Å². The summed E-state index contributed by atoms with van der Waals surface area (Å²) in [6, 6.07) is 7.93. The zero-order chi connectivity index (χ0) is 14.7. The lowest BCUT2D eigenvalue weighted by Gasteiger charge is -2.07. The quantitative estimate of drug-likeness (QED) is 0.774. The topological polar surface area (TPSA) is 76.7 Å². The monoisotopic (exact) mass is 297 g/mol. The van der Waals surface area contributed by atoms with Crippen molar-refractivity contribution in [1.29, 1.82) is 0 Å². The largest absolute Gasteiger partial charge is 0.382 e. The first-order valence-electron chi connectivity index (χ1n) is 6.55. The lowest BCUT2D eigenvalue weighted by Crippen LogP contribution is -2.00. The second-order valence-electron chi connectivity index (χ2n) is 4.68. The van der Waals surface area contributed by atoms with Crippen molar-refractivity contribution in [3.63, 3.8) is 0 Å². The lowest BCUT2D eigenvalue weighted by atomic mass is 10.1. The molecule has 3 aromatic heterocycles. The highest BCUT2D eigenvalue weighted by Gasteiger charge is 2.13. The number of anilines is 2. The third kappa shape index (κ3) is 3.00. The summed E-state index contributed by atoms with van der Waals surface area (Å²) in [4.78, 5) is 8.42. The molecule has 0 atom stereocenters. The van der Waals surface area contributed by atoms with Crippen molar-refractivity contribution < 1.29 is 0 Å². The molecule has 6 heteroatoms. The van der Waals surface area contributed by atoms with Gasteiger partial charge in [0.15, 0.2) is 0 Å². The summed E-state index contributed by atoms with van der Waals surface area (Å²) < 4.78 is 4.23. The Balaban J connectivity index is 1.82. The fourth-order valence-corrected chi connectivity index (χ4v) is 2.73. The Kier molecular flexibility index (Phi) is 3.79. The summed E-state index contributed by atoms with van der Waals surface area (Å²) in [6.07, 6.45) is 5.40. The van der Waals surface area contributed by atoms with Crippen molar-refractivity contribution in [1.82, 2.24) is 14.3 Å². The first-order valence-corrected chi connectivity index (χ1v) is 7.32. The highest BCUT2D eigenvalue weighted by Crippen LogP contribution is 2.36. The van der Waals surface area contributed by atoms with Crippen molar-refractivity contribution >= 4 is 22.4 Å². The number of aromatic nitrogens is 3. The molecule has 3 N–H and O–H groups in total. The van der Waals surface area contributed by atoms with Gasteiger partial charge in [0.1, 0.15) is 10.8 Å². The fraction of sp³-hybridized carbons (Fsp3) is 0.133. The van der Waals surface area contributed by atoms with Gasteiger partial charge in [-0.2, -0.15) is 4.37 Å². The van der Waals surface area contributed by atoms with Crippen LogP contribution in [0.25, 0.3) is 11.1 Å². The molecule has 5 nitrogen and oxygen atoms in total. The molecule has 3 rings (SSSR count). The minimum atomic E-state index is 0.525. The van der Waals surface area contributed by atoms with E-state index in [1.165, 1.54) is 11.5 Å². The number of aryl methyl sites for hydroxylation is 1. The van der Waals surface area contributed by atoms with Crippen LogP contribution in [0.1, 0.15) is 11.3 Å². The van der Waals surface area contributed by atoms with Crippen LogP contribution >= 0.6 is 11.5 Å². The predicted molar refractivity (Wildman–Crippen MR) is 86.1 cm³/mol. The molecule has 3 aromatic rings. The van der Waals surface area contributed by atoms with Gasteiger partial charge in [-0.3, -0.25) is 9.97 Å². The van der Waals surface area contributed by atoms with Gasteiger partial charge in [0.25, 0.3) is 0 Å². The number of hydrogen-bond donors (Lipinski definition) is 2. The minimum Gasteiger partial charge on any atom is -0.382 e. The number of nitrogen functional groups attached to an aromatic ring is 1. The van der Waals surface area contributed by atoms with Gasteiger partial charge in [0.05, 0.1) is 5.56 Å². The summed E-state index contributed by atoms with van der Waals surface area (Å²) in [7, 11) is 0. The fourth-order valence-electron chi connectivity index (χ4n) is 2.00. The first kappa shape index (κ1) is 13.5. The Bertz CT molecular complexity index is 722. The van der Waals surface area contributed by atoms with Gasteiger partial charge >= 0.3 is 0 Å². The minimum absolute atomic E-state index is 0.525. The standard InChI is InChI=1S/C15H15N5S/c1-10-4-5-11(7-18-10)8-19-15-13(14(16)20-21-15)12-3-2-6-17-9-12/h2-7,9,19H,8H2,1H3,(H2,16,20). The van der Waals surface area contributed by atoms with E-state index in [0.29, 0.717) is 12.4 Å². The van der Waals surface area contributed by atoms with Gasteiger partial charge in [0, 0.05) is 36.4 Å². The molecule has 0 aliphatic carbocycles. The molecule has 0 bridgehead atoms. The van der Waals surface area contributed by atoms with E-state index in [0.717, 1.165) is 27.4 Å². The number of pyridine rings is 2. The van der Waals surface area contributed by atoms with Crippen molar-refractivity contribution in [2.24, 2.45) is 0 Å². The van der Waals surface area contributed by atoms with Crippen LogP contribution in [0, 0.1) is 6.92 Å². The van der Waals surface area contributed by atoms with Crippen molar-refractivity contribution in [3.8, 4) is 11.1 Å². The van der Waals surface area contributed by atoms with E-state index in [-0.39, 0.29) is 0 Å². The van der Waals surface area contributed by atoms with Crippen LogP contribution in [-0.2, 0) is 6.54 Å². The van der Waals surface area contributed by atoms with Crippen LogP contribution in [0.3, 0.4) is 0 Å². The van der Waals surface area contributed by atoms with E-state index >= 15 is 0 Å². The predicted octanol–water partition coefficient (Wildman–Crippen LogP) is 3.10. The molecular formula is C15H15N5S. The van der Waals surface area contributed by atoms with Crippen LogP contribution in [-0.4, -0.2) is 14.3 Å². The van der Waals surface area contributed by atoms with E-state index in [1.54, 1.807) is 12.4 Å². The Morgan fingerprint density at radius 1 is 1.24 bits per heavy atom. The molecule has 0 fully saturated rings. The van der Waals surface area contributed by atoms with Crippen molar-refractivity contribution in [3.05, 3.63) is 54.1 Å². The van der Waals surface area contributed by atoms with Gasteiger partial charge in [-0.25, -0.2) is 0 Å². The summed E-state index contributed by atoms with van der Waals surface area (Å²) in [5.74, 6) is 0.525. The van der Waals surface area contributed by atoms with Gasteiger partial charge in [0.2, 0.25) is 0 Å². The van der Waals surface area contributed by atoms with Crippen LogP contribution in [0.15, 0.2) is 42.9 Å². The van der Waals surface area contributed by atoms with Gasteiger partial charge in [-0.15, -0.1) is 0 Å². The third-order valence-electron chi connectivity index (χ3n) is 3.09. The smallest absolute Gasteiger partial charge is 0.147 e. The molecule has 0 unspecified atom stereocenters. The average molecular weight is 297 g/mol. The van der Waals surface area contributed by atoms with Crippen molar-refractivity contribution in [2.75, 3.05) is 11.1 Å². The number of nitrogens with one attached hydrogen (secondary N) is 1. The maximum Gasteiger partial charge on any atom is 0.147 e. The Hall–Kier alpha value is -2.47. The van der Waals surface area contributed by atoms with E-state index in [4.69, 9.17) is 5.73 Å². The second kappa shape index (κ2) is 5.88. The van der Waals surface area contributed by atoms with Crippen molar-refractivity contribution in [2.45, 2.75) is 13.5 Å². The number of rotatable bonds is 4. The molecule has 3 heterocycles. The lowest BCUT2D eigenvalue weighted by molar-refractivity contribution is 1.09. The molecule has 0 amide bonds. The molecule has 0 aliphatic heterocycles. The summed E-state index contributed by atoms with van der Waals surface area (Å²) in [6.45, 7) is 2.66. The van der Waals surface area contributed by atoms with E-state index in [9.17, 15) is 0 Å². The van der Waals surface area contributed by atoms with E-state index in [2.05, 4.69) is 25.7 Å². The zero-order valence-electron chi connectivity index (χ0n) is 11.6. The molecular weight excluding hydrogens is 282 g/mol. The third-order valence-corrected chi connectivity index (χ3v) is 3.91. The highest BCUT2D eigenvalue weighted by atomic mass is 32.1.